The monoisotopic (exact) mass is 342 g/mol. The summed E-state index contributed by atoms with van der Waals surface area (Å²) in [4.78, 5) is 10.5. The minimum absolute atomic E-state index is 0.360. The van der Waals surface area contributed by atoms with Crippen LogP contribution in [0.4, 0.5) is 0 Å². The van der Waals surface area contributed by atoms with Crippen molar-refractivity contribution in [1.82, 2.24) is 15.1 Å². The molecule has 24 heavy (non-hydrogen) atoms. The summed E-state index contributed by atoms with van der Waals surface area (Å²) in [6.45, 7) is 2.81. The van der Waals surface area contributed by atoms with Crippen molar-refractivity contribution < 1.29 is 0 Å². The molecule has 5 heteroatoms. The van der Waals surface area contributed by atoms with Crippen LogP contribution in [-0.2, 0) is 13.0 Å². The van der Waals surface area contributed by atoms with Gasteiger partial charge in [0.2, 0.25) is 0 Å². The third-order valence-corrected chi connectivity index (χ3v) is 5.56. The number of benzene rings is 1. The van der Waals surface area contributed by atoms with Gasteiger partial charge in [0.15, 0.2) is 5.96 Å². The van der Waals surface area contributed by atoms with E-state index in [-0.39, 0.29) is 0 Å². The second kappa shape index (κ2) is 7.81. The van der Waals surface area contributed by atoms with Crippen LogP contribution < -0.4 is 5.32 Å². The van der Waals surface area contributed by atoms with E-state index in [2.05, 4.69) is 76.0 Å². The summed E-state index contributed by atoms with van der Waals surface area (Å²) in [7, 11) is 6.14. The predicted octanol–water partition coefficient (Wildman–Crippen LogP) is 2.98. The minimum Gasteiger partial charge on any atom is -0.354 e. The van der Waals surface area contributed by atoms with E-state index in [0.29, 0.717) is 6.04 Å². The van der Waals surface area contributed by atoms with Gasteiger partial charge in [-0.05, 0) is 43.1 Å². The molecule has 1 aliphatic rings. The van der Waals surface area contributed by atoms with Crippen LogP contribution in [0.1, 0.15) is 22.0 Å². The first kappa shape index (κ1) is 17.0. The standard InChI is InChI=1S/C19H26N4S/c1-20-19(21-13-17(22(2)3)18-9-6-12-24-18)23-11-10-15-7-4-5-8-16(15)14-23/h4-9,12,17H,10-11,13-14H2,1-3H3,(H,20,21). The smallest absolute Gasteiger partial charge is 0.194 e. The van der Waals surface area contributed by atoms with Crippen LogP contribution >= 0.6 is 11.3 Å². The molecule has 4 nitrogen and oxygen atoms in total. The highest BCUT2D eigenvalue weighted by Gasteiger charge is 2.21. The van der Waals surface area contributed by atoms with Crippen molar-refractivity contribution >= 4 is 17.3 Å². The van der Waals surface area contributed by atoms with Gasteiger partial charge in [-0.25, -0.2) is 0 Å². The van der Waals surface area contributed by atoms with Crippen LogP contribution in [-0.4, -0.2) is 50.0 Å². The fourth-order valence-corrected chi connectivity index (χ4v) is 4.14. The largest absolute Gasteiger partial charge is 0.354 e. The zero-order chi connectivity index (χ0) is 16.9. The molecule has 0 amide bonds. The van der Waals surface area contributed by atoms with Gasteiger partial charge >= 0.3 is 0 Å². The minimum atomic E-state index is 0.360. The Morgan fingerprint density at radius 1 is 1.25 bits per heavy atom. The number of nitrogens with zero attached hydrogens (tertiary/aromatic N) is 3. The average Bonchev–Trinajstić information content (AvgIpc) is 3.12. The molecule has 1 atom stereocenters. The first-order valence-corrected chi connectivity index (χ1v) is 9.29. The molecule has 0 spiro atoms. The van der Waals surface area contributed by atoms with Crippen LogP contribution in [0.3, 0.4) is 0 Å². The second-order valence-electron chi connectivity index (χ2n) is 6.36. The lowest BCUT2D eigenvalue weighted by Gasteiger charge is -2.33. The van der Waals surface area contributed by atoms with E-state index >= 15 is 0 Å². The fraction of sp³-hybridized carbons (Fsp3) is 0.421. The summed E-state index contributed by atoms with van der Waals surface area (Å²) in [6.07, 6.45) is 1.08. The highest BCUT2D eigenvalue weighted by molar-refractivity contribution is 7.10. The van der Waals surface area contributed by atoms with E-state index in [1.54, 1.807) is 0 Å². The molecule has 0 saturated carbocycles. The molecule has 0 aliphatic carbocycles. The van der Waals surface area contributed by atoms with Gasteiger partial charge in [-0.2, -0.15) is 0 Å². The average molecular weight is 343 g/mol. The van der Waals surface area contributed by atoms with E-state index in [1.807, 2.05) is 18.4 Å². The second-order valence-corrected chi connectivity index (χ2v) is 7.34. The van der Waals surface area contributed by atoms with Gasteiger partial charge in [0, 0.05) is 31.6 Å². The molecule has 0 bridgehead atoms. The van der Waals surface area contributed by atoms with Gasteiger partial charge in [0.05, 0.1) is 6.04 Å². The topological polar surface area (TPSA) is 30.9 Å². The number of rotatable bonds is 4. The summed E-state index contributed by atoms with van der Waals surface area (Å²) in [5.41, 5.74) is 2.88. The molecule has 128 valence electrons. The Hall–Kier alpha value is -1.85. The van der Waals surface area contributed by atoms with Crippen LogP contribution in [0.25, 0.3) is 0 Å². The molecule has 1 unspecified atom stereocenters. The number of aliphatic imine (C=N–C) groups is 1. The zero-order valence-electron chi connectivity index (χ0n) is 14.7. The zero-order valence-corrected chi connectivity index (χ0v) is 15.5. The number of hydrogen-bond donors (Lipinski definition) is 1. The Labute approximate surface area is 148 Å². The summed E-state index contributed by atoms with van der Waals surface area (Å²) < 4.78 is 0. The maximum Gasteiger partial charge on any atom is 0.194 e. The third-order valence-electron chi connectivity index (χ3n) is 4.59. The molecule has 2 heterocycles. The van der Waals surface area contributed by atoms with E-state index in [9.17, 15) is 0 Å². The highest BCUT2D eigenvalue weighted by Crippen LogP contribution is 2.23. The maximum absolute atomic E-state index is 4.51. The van der Waals surface area contributed by atoms with Crippen molar-refractivity contribution in [3.63, 3.8) is 0 Å². The summed E-state index contributed by atoms with van der Waals surface area (Å²) in [5, 5.41) is 5.72. The SMILES string of the molecule is CN=C(NCC(c1cccs1)N(C)C)N1CCc2ccccc2C1. The molecule has 3 rings (SSSR count). The van der Waals surface area contributed by atoms with Crippen LogP contribution in [0.2, 0.25) is 0 Å². The maximum atomic E-state index is 4.51. The molecule has 1 N–H and O–H groups in total. The number of hydrogen-bond acceptors (Lipinski definition) is 3. The Kier molecular flexibility index (Phi) is 5.53. The summed E-state index contributed by atoms with van der Waals surface area (Å²) in [5.74, 6) is 0.993. The van der Waals surface area contributed by atoms with Crippen LogP contribution in [0, 0.1) is 0 Å². The van der Waals surface area contributed by atoms with Crippen molar-refractivity contribution in [3.05, 3.63) is 57.8 Å². The quantitative estimate of drug-likeness (QED) is 0.684. The molecular weight excluding hydrogens is 316 g/mol. The lowest BCUT2D eigenvalue weighted by molar-refractivity contribution is 0.296. The van der Waals surface area contributed by atoms with Gasteiger partial charge in [-0.15, -0.1) is 11.3 Å². The Bertz CT molecular complexity index is 678. The molecule has 1 aliphatic heterocycles. The Morgan fingerprint density at radius 2 is 2.04 bits per heavy atom. The first-order valence-electron chi connectivity index (χ1n) is 8.41. The number of fused-ring (bicyclic) bond motifs is 1. The van der Waals surface area contributed by atoms with Gasteiger partial charge in [-0.3, -0.25) is 4.99 Å². The number of nitrogens with one attached hydrogen (secondary N) is 1. The summed E-state index contributed by atoms with van der Waals surface area (Å²) >= 11 is 1.81. The van der Waals surface area contributed by atoms with Crippen molar-refractivity contribution in [3.8, 4) is 0 Å². The fourth-order valence-electron chi connectivity index (χ4n) is 3.22. The van der Waals surface area contributed by atoms with E-state index in [0.717, 1.165) is 32.0 Å². The summed E-state index contributed by atoms with van der Waals surface area (Å²) in [6, 6.07) is 13.4. The van der Waals surface area contributed by atoms with E-state index in [4.69, 9.17) is 0 Å². The number of thiophene rings is 1. The van der Waals surface area contributed by atoms with Crippen molar-refractivity contribution in [2.45, 2.75) is 19.0 Å². The molecule has 2 aromatic rings. The molecule has 1 aromatic heterocycles. The Morgan fingerprint density at radius 3 is 2.71 bits per heavy atom. The first-order chi connectivity index (χ1) is 11.7. The lowest BCUT2D eigenvalue weighted by atomic mass is 10.0. The molecule has 0 radical (unpaired) electrons. The number of likely N-dealkylation sites (N-methyl/N-ethyl adjacent to an activating group) is 1. The van der Waals surface area contributed by atoms with Gasteiger partial charge in [-0.1, -0.05) is 30.3 Å². The van der Waals surface area contributed by atoms with Crippen molar-refractivity contribution in [2.75, 3.05) is 34.2 Å². The van der Waals surface area contributed by atoms with Gasteiger partial charge in [0.1, 0.15) is 0 Å². The van der Waals surface area contributed by atoms with Crippen LogP contribution in [0.5, 0.6) is 0 Å². The van der Waals surface area contributed by atoms with E-state index in [1.165, 1.54) is 16.0 Å². The molecule has 0 fully saturated rings. The third kappa shape index (κ3) is 3.79. The molecular formula is C19H26N4S. The normalized spacial score (nSPS) is 16.2. The highest BCUT2D eigenvalue weighted by atomic mass is 32.1. The predicted molar refractivity (Wildman–Crippen MR) is 103 cm³/mol. The lowest BCUT2D eigenvalue weighted by Crippen LogP contribution is -2.46. The van der Waals surface area contributed by atoms with Crippen molar-refractivity contribution in [1.29, 1.82) is 0 Å². The van der Waals surface area contributed by atoms with Gasteiger partial charge < -0.3 is 15.1 Å². The van der Waals surface area contributed by atoms with Gasteiger partial charge in [0.25, 0.3) is 0 Å². The van der Waals surface area contributed by atoms with E-state index < -0.39 is 0 Å². The molecule has 1 aromatic carbocycles. The number of guanidine groups is 1. The molecule has 0 saturated heterocycles. The van der Waals surface area contributed by atoms with Crippen LogP contribution in [0.15, 0.2) is 46.8 Å². The Balaban J connectivity index is 1.65. The van der Waals surface area contributed by atoms with Crippen molar-refractivity contribution in [2.24, 2.45) is 4.99 Å².